The molecule has 1 fully saturated rings. The molecule has 21 heavy (non-hydrogen) atoms. The van der Waals surface area contributed by atoms with Crippen LogP contribution < -0.4 is 10.1 Å². The number of hydrogen-bond acceptors (Lipinski definition) is 6. The van der Waals surface area contributed by atoms with E-state index in [1.807, 2.05) is 12.1 Å². The number of ether oxygens (including phenoxy) is 2. The molecule has 0 unspecified atom stereocenters. The van der Waals surface area contributed by atoms with E-state index in [2.05, 4.69) is 5.32 Å². The summed E-state index contributed by atoms with van der Waals surface area (Å²) in [5.41, 5.74) is 0.979. The average molecular weight is 311 g/mol. The summed E-state index contributed by atoms with van der Waals surface area (Å²) in [6.45, 7) is 1.95. The number of esters is 1. The predicted octanol–water partition coefficient (Wildman–Crippen LogP) is 1.42. The van der Waals surface area contributed by atoms with Gasteiger partial charge in [0.2, 0.25) is 0 Å². The molecule has 2 rings (SSSR count). The zero-order valence-electron chi connectivity index (χ0n) is 11.6. The van der Waals surface area contributed by atoms with E-state index in [-0.39, 0.29) is 12.0 Å². The van der Waals surface area contributed by atoms with Gasteiger partial charge in [-0.25, -0.2) is 4.79 Å². The van der Waals surface area contributed by atoms with Crippen molar-refractivity contribution in [3.8, 4) is 5.75 Å². The third-order valence-electron chi connectivity index (χ3n) is 2.93. The van der Waals surface area contributed by atoms with Crippen LogP contribution in [0.2, 0.25) is 0 Å². The Labute approximate surface area is 126 Å². The first-order valence-electron chi connectivity index (χ1n) is 6.59. The number of benzene rings is 1. The van der Waals surface area contributed by atoms with Gasteiger partial charge in [-0.05, 0) is 24.6 Å². The lowest BCUT2D eigenvalue weighted by Crippen LogP contribution is -2.33. The molecule has 0 aliphatic carbocycles. The molecule has 7 heteroatoms. The number of rotatable bonds is 6. The molecule has 0 aromatic heterocycles. The summed E-state index contributed by atoms with van der Waals surface area (Å²) >= 11 is 1.56. The van der Waals surface area contributed by atoms with E-state index in [1.165, 1.54) is 0 Å². The predicted molar refractivity (Wildman–Crippen MR) is 78.3 cm³/mol. The Morgan fingerprint density at radius 1 is 1.38 bits per heavy atom. The number of carbonyl (C=O) groups is 2. The summed E-state index contributed by atoms with van der Waals surface area (Å²) in [4.78, 5) is 22.1. The quantitative estimate of drug-likeness (QED) is 0.768. The van der Waals surface area contributed by atoms with Crippen LogP contribution in [0.1, 0.15) is 17.9 Å². The number of carbonyl (C=O) groups excluding carboxylic acids is 1. The maximum absolute atomic E-state index is 11.2. The van der Waals surface area contributed by atoms with Crippen LogP contribution in [-0.2, 0) is 14.3 Å². The Morgan fingerprint density at radius 3 is 2.67 bits per heavy atom. The first-order valence-corrected chi connectivity index (χ1v) is 7.64. The van der Waals surface area contributed by atoms with Crippen LogP contribution >= 0.6 is 11.8 Å². The van der Waals surface area contributed by atoms with Crippen molar-refractivity contribution in [2.45, 2.75) is 18.3 Å². The highest BCUT2D eigenvalue weighted by Crippen LogP contribution is 2.33. The summed E-state index contributed by atoms with van der Waals surface area (Å²) in [6, 6.07) is 6.71. The van der Waals surface area contributed by atoms with Crippen LogP contribution in [0.25, 0.3) is 0 Å². The summed E-state index contributed by atoms with van der Waals surface area (Å²) in [7, 11) is 0. The van der Waals surface area contributed by atoms with Gasteiger partial charge in [-0.3, -0.25) is 10.1 Å². The van der Waals surface area contributed by atoms with Gasteiger partial charge in [-0.2, -0.15) is 0 Å². The zero-order valence-corrected chi connectivity index (χ0v) is 12.4. The molecule has 0 bridgehead atoms. The minimum atomic E-state index is -0.834. The molecule has 1 aliphatic rings. The minimum Gasteiger partial charge on any atom is -0.482 e. The third kappa shape index (κ3) is 4.37. The molecule has 0 spiro atoms. The highest BCUT2D eigenvalue weighted by Gasteiger charge is 2.30. The molecule has 2 N–H and O–H groups in total. The number of aliphatic carboxylic acids is 1. The number of carboxylic acid groups (broad SMARTS) is 1. The first-order chi connectivity index (χ1) is 10.1. The molecule has 1 aromatic rings. The van der Waals surface area contributed by atoms with Crippen LogP contribution in [0.5, 0.6) is 5.75 Å². The Morgan fingerprint density at radius 2 is 2.10 bits per heavy atom. The fourth-order valence-electron chi connectivity index (χ4n) is 1.89. The van der Waals surface area contributed by atoms with E-state index in [4.69, 9.17) is 14.6 Å². The summed E-state index contributed by atoms with van der Waals surface area (Å²) in [6.07, 6.45) is 0. The van der Waals surface area contributed by atoms with Gasteiger partial charge in [0, 0.05) is 5.75 Å². The minimum absolute atomic E-state index is 0.0368. The maximum atomic E-state index is 11.2. The normalized spacial score (nSPS) is 21.0. The second-order valence-electron chi connectivity index (χ2n) is 4.43. The number of thioether (sulfide) groups is 1. The van der Waals surface area contributed by atoms with E-state index in [0.717, 1.165) is 5.56 Å². The average Bonchev–Trinajstić information content (AvgIpc) is 2.96. The Kier molecular flexibility index (Phi) is 5.46. The lowest BCUT2D eigenvalue weighted by molar-refractivity contribution is -0.145. The van der Waals surface area contributed by atoms with Gasteiger partial charge >= 0.3 is 11.9 Å². The van der Waals surface area contributed by atoms with Crippen molar-refractivity contribution in [2.24, 2.45) is 0 Å². The van der Waals surface area contributed by atoms with Crippen LogP contribution in [0.4, 0.5) is 0 Å². The topological polar surface area (TPSA) is 84.9 Å². The molecule has 0 radical (unpaired) electrons. The highest BCUT2D eigenvalue weighted by molar-refractivity contribution is 7.99. The molecule has 1 aromatic carbocycles. The van der Waals surface area contributed by atoms with Gasteiger partial charge in [0.05, 0.1) is 12.0 Å². The molecular weight excluding hydrogens is 294 g/mol. The molecule has 1 saturated heterocycles. The lowest BCUT2D eigenvalue weighted by atomic mass is 10.2. The third-order valence-corrected chi connectivity index (χ3v) is 4.19. The Hall–Kier alpha value is -1.73. The van der Waals surface area contributed by atoms with Gasteiger partial charge in [-0.1, -0.05) is 12.1 Å². The van der Waals surface area contributed by atoms with E-state index in [0.29, 0.717) is 18.1 Å². The van der Waals surface area contributed by atoms with Crippen LogP contribution in [-0.4, -0.2) is 42.1 Å². The molecule has 114 valence electrons. The van der Waals surface area contributed by atoms with Crippen molar-refractivity contribution in [1.82, 2.24) is 5.32 Å². The molecular formula is C14H17NO5S. The largest absolute Gasteiger partial charge is 0.482 e. The van der Waals surface area contributed by atoms with Gasteiger partial charge in [0.15, 0.2) is 6.61 Å². The lowest BCUT2D eigenvalue weighted by Gasteiger charge is -2.12. The SMILES string of the molecule is CCOC(=O)COc1ccc([C@@H]2N[C@@H](C(=O)O)CS2)cc1. The standard InChI is InChI=1S/C14H17NO5S/c1-2-19-12(16)7-20-10-5-3-9(4-6-10)13-15-11(8-21-13)14(17)18/h3-6,11,13,15H,2,7-8H2,1H3,(H,17,18)/t11-,13-/m1/s1. The summed E-state index contributed by atoms with van der Waals surface area (Å²) in [5.74, 6) is -0.121. The van der Waals surface area contributed by atoms with Gasteiger partial charge in [0.1, 0.15) is 11.8 Å². The van der Waals surface area contributed by atoms with Crippen molar-refractivity contribution in [2.75, 3.05) is 19.0 Å². The fraction of sp³-hybridized carbons (Fsp3) is 0.429. The Bertz CT molecular complexity index is 505. The monoisotopic (exact) mass is 311 g/mol. The van der Waals surface area contributed by atoms with Gasteiger partial charge in [0.25, 0.3) is 0 Å². The van der Waals surface area contributed by atoms with Crippen molar-refractivity contribution in [3.05, 3.63) is 29.8 Å². The number of carboxylic acids is 1. The number of nitrogens with one attached hydrogen (secondary N) is 1. The van der Waals surface area contributed by atoms with Crippen molar-refractivity contribution in [1.29, 1.82) is 0 Å². The van der Waals surface area contributed by atoms with E-state index >= 15 is 0 Å². The molecule has 0 amide bonds. The number of hydrogen-bond donors (Lipinski definition) is 2. The van der Waals surface area contributed by atoms with Crippen LogP contribution in [0.3, 0.4) is 0 Å². The second kappa shape index (κ2) is 7.33. The molecule has 1 heterocycles. The second-order valence-corrected chi connectivity index (χ2v) is 5.57. The molecule has 6 nitrogen and oxygen atoms in total. The smallest absolute Gasteiger partial charge is 0.344 e. The molecule has 0 saturated carbocycles. The van der Waals surface area contributed by atoms with Crippen molar-refractivity contribution in [3.63, 3.8) is 0 Å². The van der Waals surface area contributed by atoms with Crippen LogP contribution in [0, 0.1) is 0 Å². The van der Waals surface area contributed by atoms with E-state index < -0.39 is 18.0 Å². The summed E-state index contributed by atoms with van der Waals surface area (Å²) in [5, 5.41) is 12.0. The zero-order chi connectivity index (χ0) is 15.2. The van der Waals surface area contributed by atoms with Gasteiger partial charge in [-0.15, -0.1) is 11.8 Å². The van der Waals surface area contributed by atoms with E-state index in [1.54, 1.807) is 30.8 Å². The maximum Gasteiger partial charge on any atom is 0.344 e. The van der Waals surface area contributed by atoms with Crippen molar-refractivity contribution >= 4 is 23.7 Å². The molecule has 1 aliphatic heterocycles. The van der Waals surface area contributed by atoms with E-state index in [9.17, 15) is 9.59 Å². The van der Waals surface area contributed by atoms with Crippen LogP contribution in [0.15, 0.2) is 24.3 Å². The highest BCUT2D eigenvalue weighted by atomic mass is 32.2. The van der Waals surface area contributed by atoms with Crippen molar-refractivity contribution < 1.29 is 24.2 Å². The summed E-state index contributed by atoms with van der Waals surface area (Å²) < 4.78 is 10.1. The Balaban J connectivity index is 1.88. The van der Waals surface area contributed by atoms with Gasteiger partial charge < -0.3 is 14.6 Å². The molecule has 2 atom stereocenters. The fourth-order valence-corrected chi connectivity index (χ4v) is 3.12. The first kappa shape index (κ1) is 15.7.